The van der Waals surface area contributed by atoms with Gasteiger partial charge in [0.25, 0.3) is 5.91 Å². The highest BCUT2D eigenvalue weighted by molar-refractivity contribution is 5.98. The molecule has 2 aliphatic rings. The summed E-state index contributed by atoms with van der Waals surface area (Å²) in [6.07, 6.45) is 4.01. The Morgan fingerprint density at radius 2 is 1.49 bits per heavy atom. The molecule has 0 N–H and O–H groups in total. The number of nitrogens with zero attached hydrogens (tertiary/aromatic N) is 3. The molecular formula is C31H43N3O3. The zero-order valence-corrected chi connectivity index (χ0v) is 23.1. The Morgan fingerprint density at radius 3 is 2.11 bits per heavy atom. The predicted molar refractivity (Wildman–Crippen MR) is 152 cm³/mol. The molecule has 0 aromatic heterocycles. The van der Waals surface area contributed by atoms with E-state index in [9.17, 15) is 4.79 Å². The quantitative estimate of drug-likeness (QED) is 0.351. The number of carbonyl (C=O) groups excluding carboxylic acids is 1. The van der Waals surface area contributed by atoms with Crippen LogP contribution in [0.3, 0.4) is 0 Å². The third-order valence-corrected chi connectivity index (χ3v) is 7.35. The SMILES string of the molecule is C=C(C)c1cc(C(=O)N2Cc3ccc(N4CCN(C)CC4)cc3C2)c(OCCCC)cc1OCCCC. The van der Waals surface area contributed by atoms with Gasteiger partial charge in [-0.15, -0.1) is 0 Å². The molecule has 0 atom stereocenters. The Labute approximate surface area is 222 Å². The van der Waals surface area contributed by atoms with Crippen molar-refractivity contribution < 1.29 is 14.3 Å². The van der Waals surface area contributed by atoms with Gasteiger partial charge in [-0.3, -0.25) is 4.79 Å². The molecule has 1 saturated heterocycles. The Hall–Kier alpha value is -2.99. The van der Waals surface area contributed by atoms with Crippen molar-refractivity contribution in [3.8, 4) is 11.5 Å². The van der Waals surface area contributed by atoms with E-state index >= 15 is 0 Å². The van der Waals surface area contributed by atoms with E-state index in [1.54, 1.807) is 0 Å². The van der Waals surface area contributed by atoms with Crippen molar-refractivity contribution >= 4 is 17.2 Å². The third kappa shape index (κ3) is 6.48. The van der Waals surface area contributed by atoms with Crippen LogP contribution in [0.1, 0.15) is 73.5 Å². The molecule has 2 aromatic carbocycles. The number of amides is 1. The number of rotatable bonds is 11. The Bertz CT molecular complexity index is 1110. The number of likely N-dealkylation sites (N-methyl/N-ethyl adjacent to an activating group) is 1. The number of fused-ring (bicyclic) bond motifs is 1. The lowest BCUT2D eigenvalue weighted by molar-refractivity contribution is 0.0746. The van der Waals surface area contributed by atoms with Crippen LogP contribution in [-0.2, 0) is 13.1 Å². The molecule has 2 aromatic rings. The van der Waals surface area contributed by atoms with E-state index in [4.69, 9.17) is 9.47 Å². The van der Waals surface area contributed by atoms with Gasteiger partial charge in [0.15, 0.2) is 0 Å². The van der Waals surface area contributed by atoms with Gasteiger partial charge in [-0.1, -0.05) is 39.3 Å². The number of unbranched alkanes of at least 4 members (excludes halogenated alkanes) is 2. The van der Waals surface area contributed by atoms with Crippen LogP contribution in [0.4, 0.5) is 5.69 Å². The molecule has 37 heavy (non-hydrogen) atoms. The number of piperazine rings is 1. The molecule has 0 aliphatic carbocycles. The fraction of sp³-hybridized carbons (Fsp3) is 0.516. The normalized spacial score (nSPS) is 15.6. The van der Waals surface area contributed by atoms with Crippen molar-refractivity contribution in [2.75, 3.05) is 51.3 Å². The number of benzene rings is 2. The minimum atomic E-state index is -0.00791. The summed E-state index contributed by atoms with van der Waals surface area (Å²) >= 11 is 0. The summed E-state index contributed by atoms with van der Waals surface area (Å²) in [6.45, 7) is 17.0. The van der Waals surface area contributed by atoms with Gasteiger partial charge < -0.3 is 24.2 Å². The fourth-order valence-electron chi connectivity index (χ4n) is 4.91. The lowest BCUT2D eigenvalue weighted by Gasteiger charge is -2.34. The van der Waals surface area contributed by atoms with E-state index < -0.39 is 0 Å². The third-order valence-electron chi connectivity index (χ3n) is 7.35. The topological polar surface area (TPSA) is 45.3 Å². The maximum atomic E-state index is 13.9. The van der Waals surface area contributed by atoms with Crippen LogP contribution in [0.5, 0.6) is 11.5 Å². The summed E-state index contributed by atoms with van der Waals surface area (Å²) < 4.78 is 12.3. The van der Waals surface area contributed by atoms with Crippen LogP contribution in [0.2, 0.25) is 0 Å². The first-order valence-electron chi connectivity index (χ1n) is 13.8. The number of anilines is 1. The molecule has 0 radical (unpaired) electrons. The smallest absolute Gasteiger partial charge is 0.258 e. The zero-order chi connectivity index (χ0) is 26.4. The lowest BCUT2D eigenvalue weighted by atomic mass is 10.0. The van der Waals surface area contributed by atoms with E-state index in [0.29, 0.717) is 37.6 Å². The number of hydrogen-bond donors (Lipinski definition) is 0. The molecule has 6 nitrogen and oxygen atoms in total. The molecule has 6 heteroatoms. The van der Waals surface area contributed by atoms with Gasteiger partial charge in [0.05, 0.1) is 18.8 Å². The lowest BCUT2D eigenvalue weighted by Crippen LogP contribution is -2.44. The maximum absolute atomic E-state index is 13.9. The van der Waals surface area contributed by atoms with E-state index in [2.05, 4.69) is 55.5 Å². The standard InChI is InChI=1S/C31H43N3O3/c1-6-8-16-36-29-20-30(37-17-9-7-2)28(19-27(29)23(3)4)31(35)34-21-24-10-11-26(18-25(24)22-34)33-14-12-32(5)13-15-33/h10-11,18-20H,3,6-9,12-17,21-22H2,1-2,4-5H3. The summed E-state index contributed by atoms with van der Waals surface area (Å²) in [5, 5.41) is 0. The molecule has 0 bridgehead atoms. The number of carbonyl (C=O) groups is 1. The van der Waals surface area contributed by atoms with E-state index in [-0.39, 0.29) is 5.91 Å². The number of allylic oxidation sites excluding steroid dienone is 1. The highest BCUT2D eigenvalue weighted by atomic mass is 16.5. The van der Waals surface area contributed by atoms with Crippen LogP contribution in [0, 0.1) is 0 Å². The monoisotopic (exact) mass is 505 g/mol. The second kappa shape index (κ2) is 12.5. The van der Waals surface area contributed by atoms with Crippen LogP contribution in [0.25, 0.3) is 5.57 Å². The van der Waals surface area contributed by atoms with Crippen molar-refractivity contribution in [3.05, 3.63) is 59.2 Å². The summed E-state index contributed by atoms with van der Waals surface area (Å²) in [6, 6.07) is 10.5. The Morgan fingerprint density at radius 1 is 0.865 bits per heavy atom. The molecule has 0 unspecified atom stereocenters. The second-order valence-electron chi connectivity index (χ2n) is 10.4. The summed E-state index contributed by atoms with van der Waals surface area (Å²) in [5.41, 5.74) is 6.04. The highest BCUT2D eigenvalue weighted by Gasteiger charge is 2.28. The average Bonchev–Trinajstić information content (AvgIpc) is 3.32. The molecule has 1 amide bonds. The molecule has 2 heterocycles. The summed E-state index contributed by atoms with van der Waals surface area (Å²) in [5.74, 6) is 1.33. The van der Waals surface area contributed by atoms with E-state index in [0.717, 1.165) is 68.7 Å². The zero-order valence-electron chi connectivity index (χ0n) is 23.1. The van der Waals surface area contributed by atoms with Gasteiger partial charge >= 0.3 is 0 Å². The van der Waals surface area contributed by atoms with Gasteiger partial charge in [-0.05, 0) is 61.7 Å². The minimum Gasteiger partial charge on any atom is -0.493 e. The largest absolute Gasteiger partial charge is 0.493 e. The van der Waals surface area contributed by atoms with Gasteiger partial charge in [0.2, 0.25) is 0 Å². The Kier molecular flexibility index (Phi) is 9.14. The van der Waals surface area contributed by atoms with Gasteiger partial charge in [-0.25, -0.2) is 0 Å². The first-order valence-corrected chi connectivity index (χ1v) is 13.8. The van der Waals surface area contributed by atoms with Crippen molar-refractivity contribution in [2.24, 2.45) is 0 Å². The molecule has 2 aliphatic heterocycles. The number of ether oxygens (including phenoxy) is 2. The first-order chi connectivity index (χ1) is 17.9. The first kappa shape index (κ1) is 27.1. The number of hydrogen-bond acceptors (Lipinski definition) is 5. The highest BCUT2D eigenvalue weighted by Crippen LogP contribution is 2.36. The van der Waals surface area contributed by atoms with E-state index in [1.807, 2.05) is 24.0 Å². The van der Waals surface area contributed by atoms with Crippen LogP contribution < -0.4 is 14.4 Å². The average molecular weight is 506 g/mol. The van der Waals surface area contributed by atoms with Crippen molar-refractivity contribution in [1.29, 1.82) is 0 Å². The van der Waals surface area contributed by atoms with Crippen LogP contribution >= 0.6 is 0 Å². The van der Waals surface area contributed by atoms with Gasteiger partial charge in [-0.2, -0.15) is 0 Å². The predicted octanol–water partition coefficient (Wildman–Crippen LogP) is 5.99. The van der Waals surface area contributed by atoms with Crippen molar-refractivity contribution in [1.82, 2.24) is 9.80 Å². The molecule has 1 fully saturated rings. The minimum absolute atomic E-state index is 0.00791. The summed E-state index contributed by atoms with van der Waals surface area (Å²) in [4.78, 5) is 20.6. The van der Waals surface area contributed by atoms with Crippen LogP contribution in [0.15, 0.2) is 36.9 Å². The molecule has 0 saturated carbocycles. The molecule has 200 valence electrons. The Balaban J connectivity index is 1.57. The second-order valence-corrected chi connectivity index (χ2v) is 10.4. The molecular weight excluding hydrogens is 462 g/mol. The van der Waals surface area contributed by atoms with Gasteiger partial charge in [0, 0.05) is 56.6 Å². The van der Waals surface area contributed by atoms with E-state index in [1.165, 1.54) is 16.8 Å². The summed E-state index contributed by atoms with van der Waals surface area (Å²) in [7, 11) is 2.17. The van der Waals surface area contributed by atoms with Crippen LogP contribution in [-0.4, -0.2) is 62.1 Å². The van der Waals surface area contributed by atoms with Gasteiger partial charge in [0.1, 0.15) is 11.5 Å². The molecule has 0 spiro atoms. The molecule has 4 rings (SSSR count). The van der Waals surface area contributed by atoms with Crippen molar-refractivity contribution in [2.45, 2.75) is 59.5 Å². The maximum Gasteiger partial charge on any atom is 0.258 e. The van der Waals surface area contributed by atoms with Crippen molar-refractivity contribution in [3.63, 3.8) is 0 Å². The fourth-order valence-corrected chi connectivity index (χ4v) is 4.91.